The molecule has 0 aromatic carbocycles. The van der Waals surface area contributed by atoms with Crippen LogP contribution in [0.15, 0.2) is 34.8 Å². The Kier molecular flexibility index (Phi) is 4.93. The highest BCUT2D eigenvalue weighted by Crippen LogP contribution is 2.21. The largest absolute Gasteiger partial charge is 0.359 e. The molecule has 0 unspecified atom stereocenters. The summed E-state index contributed by atoms with van der Waals surface area (Å²) in [6.45, 7) is 2.01. The molecule has 0 bridgehead atoms. The van der Waals surface area contributed by atoms with Crippen molar-refractivity contribution >= 4 is 27.2 Å². The van der Waals surface area contributed by atoms with Crippen molar-refractivity contribution in [2.24, 2.45) is 0 Å². The highest BCUT2D eigenvalue weighted by Gasteiger charge is 2.27. The van der Waals surface area contributed by atoms with Crippen LogP contribution >= 0.6 is 11.3 Å². The van der Waals surface area contributed by atoms with Crippen LogP contribution in [0.25, 0.3) is 0 Å². The van der Waals surface area contributed by atoms with Gasteiger partial charge in [-0.15, -0.1) is 11.3 Å². The van der Waals surface area contributed by atoms with Crippen molar-refractivity contribution in [3.05, 3.63) is 34.9 Å². The fourth-order valence-electron chi connectivity index (χ4n) is 2.58. The van der Waals surface area contributed by atoms with Gasteiger partial charge < -0.3 is 4.90 Å². The normalized spacial score (nSPS) is 15.9. The van der Waals surface area contributed by atoms with E-state index in [4.69, 9.17) is 0 Å². The van der Waals surface area contributed by atoms with Crippen LogP contribution in [0.5, 0.6) is 0 Å². The van der Waals surface area contributed by atoms with Crippen molar-refractivity contribution in [3.8, 4) is 0 Å². The third-order valence-corrected chi connectivity index (χ3v) is 6.68. The van der Waals surface area contributed by atoms with Gasteiger partial charge in [0.15, 0.2) is 0 Å². The average Bonchev–Trinajstić information content (AvgIpc) is 3.26. The van der Waals surface area contributed by atoms with Crippen LogP contribution in [0.4, 0.5) is 5.82 Å². The molecule has 8 heteroatoms. The zero-order valence-electron chi connectivity index (χ0n) is 13.1. The Balaban J connectivity index is 1.66. The summed E-state index contributed by atoms with van der Waals surface area (Å²) in [6, 6.07) is 3.42. The second-order valence-corrected chi connectivity index (χ2v) is 8.48. The number of hydrogen-bond donors (Lipinski definition) is 0. The van der Waals surface area contributed by atoms with Gasteiger partial charge in [0.2, 0.25) is 10.0 Å². The fourth-order valence-corrected chi connectivity index (χ4v) is 4.66. The molecule has 6 nitrogen and oxygen atoms in total. The monoisotopic (exact) mass is 352 g/mol. The Morgan fingerprint density at radius 2 is 2.04 bits per heavy atom. The van der Waals surface area contributed by atoms with E-state index in [1.54, 1.807) is 29.7 Å². The molecule has 1 aliphatic rings. The van der Waals surface area contributed by atoms with Crippen molar-refractivity contribution in [3.63, 3.8) is 0 Å². The predicted molar refractivity (Wildman–Crippen MR) is 91.3 cm³/mol. The first-order chi connectivity index (χ1) is 11.1. The minimum atomic E-state index is -3.38. The highest BCUT2D eigenvalue weighted by molar-refractivity contribution is 7.89. The minimum absolute atomic E-state index is 0.275. The third kappa shape index (κ3) is 3.70. The van der Waals surface area contributed by atoms with E-state index in [-0.39, 0.29) is 4.90 Å². The van der Waals surface area contributed by atoms with Gasteiger partial charge in [-0.05, 0) is 25.0 Å². The molecule has 1 saturated heterocycles. The van der Waals surface area contributed by atoms with Crippen LogP contribution in [-0.2, 0) is 16.4 Å². The lowest BCUT2D eigenvalue weighted by Gasteiger charge is -2.19. The summed E-state index contributed by atoms with van der Waals surface area (Å²) in [7, 11) is -1.44. The van der Waals surface area contributed by atoms with Gasteiger partial charge in [-0.1, -0.05) is 0 Å². The van der Waals surface area contributed by atoms with Gasteiger partial charge in [-0.3, -0.25) is 0 Å². The molecular weight excluding hydrogens is 332 g/mol. The number of hydrogen-bond acceptors (Lipinski definition) is 6. The van der Waals surface area contributed by atoms with Gasteiger partial charge in [-0.2, -0.15) is 4.31 Å². The molecule has 3 rings (SSSR count). The molecule has 0 amide bonds. The van der Waals surface area contributed by atoms with Crippen LogP contribution in [0, 0.1) is 0 Å². The average molecular weight is 352 g/mol. The molecule has 2 aromatic rings. The standard InChI is InChI=1S/C15H20N4O2S2/c1-18(10-6-15-16-7-11-22-15)14-5-4-13(12-17-14)23(20,21)19-8-2-3-9-19/h4-5,7,11-12H,2-3,6,8-10H2,1H3. The summed E-state index contributed by atoms with van der Waals surface area (Å²) in [5.74, 6) is 0.766. The molecule has 3 heterocycles. The van der Waals surface area contributed by atoms with E-state index >= 15 is 0 Å². The Morgan fingerprint density at radius 3 is 2.65 bits per heavy atom. The maximum atomic E-state index is 12.5. The molecule has 0 aliphatic carbocycles. The van der Waals surface area contributed by atoms with Crippen LogP contribution < -0.4 is 4.90 Å². The topological polar surface area (TPSA) is 66.4 Å². The van der Waals surface area contributed by atoms with E-state index < -0.39 is 10.0 Å². The van der Waals surface area contributed by atoms with E-state index in [1.165, 1.54) is 10.5 Å². The van der Waals surface area contributed by atoms with Gasteiger partial charge >= 0.3 is 0 Å². The smallest absolute Gasteiger partial charge is 0.244 e. The number of aromatic nitrogens is 2. The summed E-state index contributed by atoms with van der Waals surface area (Å²) < 4.78 is 26.5. The van der Waals surface area contributed by atoms with Crippen LogP contribution in [0.3, 0.4) is 0 Å². The molecule has 0 saturated carbocycles. The van der Waals surface area contributed by atoms with E-state index in [0.717, 1.165) is 36.6 Å². The summed E-state index contributed by atoms with van der Waals surface area (Å²) in [5.41, 5.74) is 0. The molecular formula is C15H20N4O2S2. The number of sulfonamides is 1. The summed E-state index contributed by atoms with van der Waals surface area (Å²) >= 11 is 1.64. The van der Waals surface area contributed by atoms with Crippen molar-refractivity contribution in [2.45, 2.75) is 24.2 Å². The highest BCUT2D eigenvalue weighted by atomic mass is 32.2. The van der Waals surface area contributed by atoms with E-state index in [1.807, 2.05) is 17.3 Å². The van der Waals surface area contributed by atoms with E-state index in [0.29, 0.717) is 13.1 Å². The second-order valence-electron chi connectivity index (χ2n) is 5.56. The van der Waals surface area contributed by atoms with E-state index in [9.17, 15) is 8.42 Å². The van der Waals surface area contributed by atoms with Crippen LogP contribution in [0.2, 0.25) is 0 Å². The quantitative estimate of drug-likeness (QED) is 0.795. The summed E-state index contributed by atoms with van der Waals surface area (Å²) in [6.07, 6.45) is 5.98. The summed E-state index contributed by atoms with van der Waals surface area (Å²) in [4.78, 5) is 10.9. The number of rotatable bonds is 6. The lowest BCUT2D eigenvalue weighted by Crippen LogP contribution is -2.28. The first-order valence-corrected chi connectivity index (χ1v) is 9.95. The molecule has 1 fully saturated rings. The number of thiazole rings is 1. The molecule has 2 aromatic heterocycles. The zero-order chi connectivity index (χ0) is 16.3. The van der Waals surface area contributed by atoms with Crippen molar-refractivity contribution in [1.82, 2.24) is 14.3 Å². The first kappa shape index (κ1) is 16.4. The lowest BCUT2D eigenvalue weighted by atomic mass is 10.4. The maximum absolute atomic E-state index is 12.5. The third-order valence-electron chi connectivity index (χ3n) is 3.96. The predicted octanol–water partition coefficient (Wildman–Crippen LogP) is 2.00. The Bertz CT molecular complexity index is 723. The van der Waals surface area contributed by atoms with Gasteiger partial charge in [0.25, 0.3) is 0 Å². The second kappa shape index (κ2) is 6.94. The van der Waals surface area contributed by atoms with Crippen molar-refractivity contribution in [2.75, 3.05) is 31.6 Å². The SMILES string of the molecule is CN(CCc1nccs1)c1ccc(S(=O)(=O)N2CCCC2)cn1. The molecule has 0 atom stereocenters. The van der Waals surface area contributed by atoms with Gasteiger partial charge in [0.05, 0.1) is 5.01 Å². The number of anilines is 1. The van der Waals surface area contributed by atoms with Crippen molar-refractivity contribution < 1.29 is 8.42 Å². The zero-order valence-corrected chi connectivity index (χ0v) is 14.7. The van der Waals surface area contributed by atoms with Gasteiger partial charge in [0.1, 0.15) is 10.7 Å². The summed E-state index contributed by atoms with van der Waals surface area (Å²) in [5, 5.41) is 3.05. The van der Waals surface area contributed by atoms with Gasteiger partial charge in [0, 0.05) is 50.9 Å². The van der Waals surface area contributed by atoms with E-state index in [2.05, 4.69) is 9.97 Å². The molecule has 23 heavy (non-hydrogen) atoms. The Labute approximate surface area is 140 Å². The molecule has 0 spiro atoms. The first-order valence-electron chi connectivity index (χ1n) is 7.63. The number of nitrogens with zero attached hydrogens (tertiary/aromatic N) is 4. The van der Waals surface area contributed by atoms with Gasteiger partial charge in [-0.25, -0.2) is 18.4 Å². The number of pyridine rings is 1. The molecule has 0 radical (unpaired) electrons. The Morgan fingerprint density at radius 1 is 1.26 bits per heavy atom. The molecule has 0 N–H and O–H groups in total. The maximum Gasteiger partial charge on any atom is 0.244 e. The molecule has 1 aliphatic heterocycles. The number of likely N-dealkylation sites (N-methyl/N-ethyl adjacent to an activating group) is 1. The lowest BCUT2D eigenvalue weighted by molar-refractivity contribution is 0.477. The fraction of sp³-hybridized carbons (Fsp3) is 0.467. The van der Waals surface area contributed by atoms with Crippen LogP contribution in [-0.4, -0.2) is 49.4 Å². The Hall–Kier alpha value is -1.51. The minimum Gasteiger partial charge on any atom is -0.359 e. The molecule has 124 valence electrons. The van der Waals surface area contributed by atoms with Crippen molar-refractivity contribution in [1.29, 1.82) is 0 Å². The van der Waals surface area contributed by atoms with Crippen LogP contribution in [0.1, 0.15) is 17.8 Å².